The van der Waals surface area contributed by atoms with Crippen molar-refractivity contribution < 1.29 is 21.9 Å². The Balaban J connectivity index is 1.72. The number of fused-ring (bicyclic) bond motifs is 1. The Morgan fingerprint density at radius 3 is 2.78 bits per heavy atom. The van der Waals surface area contributed by atoms with Crippen LogP contribution in [-0.2, 0) is 10.0 Å². The van der Waals surface area contributed by atoms with E-state index in [0.29, 0.717) is 24.0 Å². The van der Waals surface area contributed by atoms with Crippen molar-refractivity contribution in [2.45, 2.75) is 25.4 Å². The second-order valence-electron chi connectivity index (χ2n) is 7.01. The molecule has 0 amide bonds. The third kappa shape index (κ3) is 4.35. The minimum atomic E-state index is -4.17. The van der Waals surface area contributed by atoms with Gasteiger partial charge in [-0.15, -0.1) is 0 Å². The highest BCUT2D eigenvalue weighted by molar-refractivity contribution is 7.96. The predicted octanol–water partition coefficient (Wildman–Crippen LogP) is 5.17. The van der Waals surface area contributed by atoms with Gasteiger partial charge < -0.3 is 4.74 Å². The largest absolute Gasteiger partial charge is 0.481 e. The summed E-state index contributed by atoms with van der Waals surface area (Å²) in [7, 11) is -2.88. The minimum absolute atomic E-state index is 0.0757. The number of alkyl halides is 1. The number of allylic oxidation sites excluding steroid dienone is 4. The molecule has 7 nitrogen and oxygen atoms in total. The molecule has 2 aliphatic rings. The van der Waals surface area contributed by atoms with Crippen LogP contribution >= 0.6 is 23.2 Å². The summed E-state index contributed by atoms with van der Waals surface area (Å²) in [4.78, 5) is 11.6. The number of halogens is 4. The molecule has 2 aromatic rings. The highest BCUT2D eigenvalue weighted by Gasteiger charge is 2.28. The topological polar surface area (TPSA) is 94.1 Å². The number of pyridine rings is 1. The molecule has 4 rings (SSSR count). The van der Waals surface area contributed by atoms with Crippen LogP contribution in [0.25, 0.3) is 11.6 Å². The van der Waals surface area contributed by atoms with Gasteiger partial charge in [0.2, 0.25) is 11.2 Å². The first-order valence-electron chi connectivity index (χ1n) is 9.39. The molecule has 1 atom stereocenters. The minimum Gasteiger partial charge on any atom is -0.481 e. The quantitative estimate of drug-likeness (QED) is 0.569. The molecule has 2 aromatic heterocycles. The number of methoxy groups -OCH3 is 1. The van der Waals surface area contributed by atoms with Gasteiger partial charge in [-0.2, -0.15) is 4.98 Å². The third-order valence-electron chi connectivity index (χ3n) is 4.91. The number of hydrogen-bond acceptors (Lipinski definition) is 6. The van der Waals surface area contributed by atoms with Gasteiger partial charge in [0.15, 0.2) is 11.6 Å². The third-order valence-corrected chi connectivity index (χ3v) is 7.02. The number of sulfonamides is 1. The average molecular weight is 501 g/mol. The van der Waals surface area contributed by atoms with Gasteiger partial charge in [-0.1, -0.05) is 17.7 Å². The molecule has 0 radical (unpaired) electrons. The average Bonchev–Trinajstić information content (AvgIpc) is 2.75. The molecule has 2 heterocycles. The Morgan fingerprint density at radius 1 is 1.28 bits per heavy atom. The second kappa shape index (κ2) is 8.76. The van der Waals surface area contributed by atoms with E-state index in [-0.39, 0.29) is 38.8 Å². The smallest absolute Gasteiger partial charge is 0.264 e. The van der Waals surface area contributed by atoms with Gasteiger partial charge in [0.05, 0.1) is 12.8 Å². The summed E-state index contributed by atoms with van der Waals surface area (Å²) < 4.78 is 62.3. The van der Waals surface area contributed by atoms with Crippen molar-refractivity contribution in [2.24, 2.45) is 0 Å². The predicted molar refractivity (Wildman–Crippen MR) is 118 cm³/mol. The van der Waals surface area contributed by atoms with Crippen molar-refractivity contribution in [3.05, 3.63) is 62.3 Å². The van der Waals surface area contributed by atoms with Crippen molar-refractivity contribution in [3.63, 3.8) is 0 Å². The fourth-order valence-corrected chi connectivity index (χ4v) is 5.22. The van der Waals surface area contributed by atoms with Gasteiger partial charge >= 0.3 is 0 Å². The Bertz CT molecular complexity index is 1300. The molecule has 0 aromatic carbocycles. The zero-order valence-corrected chi connectivity index (χ0v) is 18.9. The van der Waals surface area contributed by atoms with Crippen molar-refractivity contribution >= 4 is 50.7 Å². The van der Waals surface area contributed by atoms with Crippen LogP contribution in [0, 0.1) is 5.82 Å². The maximum Gasteiger partial charge on any atom is 0.264 e. The van der Waals surface area contributed by atoms with Gasteiger partial charge in [-0.3, -0.25) is 4.72 Å². The molecule has 0 spiro atoms. The lowest BCUT2D eigenvalue weighted by molar-refractivity contribution is 0.339. The standard InChI is InChI=1S/C20H16Cl2F2N4O3S/c1-31-19-12(10-6-11-9-25-20(22)26-17(11)14(23)7-10)8-15(24)18(27-19)28-32(29,30)16-5-3-2-4-13(16)21/h3,5-6,8-9,14H,2,4,7H2,1H3,(H,27,28). The Labute approximate surface area is 192 Å². The number of aromatic nitrogens is 3. The van der Waals surface area contributed by atoms with Crippen LogP contribution in [0.1, 0.15) is 42.3 Å². The van der Waals surface area contributed by atoms with Crippen LogP contribution < -0.4 is 9.46 Å². The van der Waals surface area contributed by atoms with E-state index >= 15 is 0 Å². The number of ether oxygens (including phenoxy) is 1. The number of hydrogen-bond donors (Lipinski definition) is 1. The van der Waals surface area contributed by atoms with E-state index in [9.17, 15) is 17.2 Å². The fraction of sp³-hybridized carbons (Fsp3) is 0.250. The summed E-state index contributed by atoms with van der Waals surface area (Å²) in [6.07, 6.45) is 5.31. The summed E-state index contributed by atoms with van der Waals surface area (Å²) in [5.74, 6) is -1.61. The molecule has 1 N–H and O–H groups in total. The van der Waals surface area contributed by atoms with Crippen LogP contribution in [0.2, 0.25) is 5.28 Å². The molecule has 0 saturated carbocycles. The zero-order chi connectivity index (χ0) is 23.0. The first-order valence-corrected chi connectivity index (χ1v) is 11.6. The molecule has 2 aliphatic carbocycles. The molecule has 0 aliphatic heterocycles. The Morgan fingerprint density at radius 2 is 2.06 bits per heavy atom. The number of nitrogens with one attached hydrogen (secondary N) is 1. The monoisotopic (exact) mass is 500 g/mol. The lowest BCUT2D eigenvalue weighted by Gasteiger charge is -2.21. The zero-order valence-electron chi connectivity index (χ0n) is 16.6. The summed E-state index contributed by atoms with van der Waals surface area (Å²) in [6.45, 7) is 0. The van der Waals surface area contributed by atoms with Crippen LogP contribution in [0.5, 0.6) is 5.88 Å². The van der Waals surface area contributed by atoms with Gasteiger partial charge in [-0.05, 0) is 48.2 Å². The number of anilines is 1. The van der Waals surface area contributed by atoms with E-state index in [0.717, 1.165) is 6.07 Å². The van der Waals surface area contributed by atoms with Gasteiger partial charge in [0.1, 0.15) is 11.1 Å². The fourth-order valence-electron chi connectivity index (χ4n) is 3.43. The van der Waals surface area contributed by atoms with Crippen LogP contribution in [0.15, 0.2) is 34.4 Å². The Hall–Kier alpha value is -2.56. The van der Waals surface area contributed by atoms with Crippen molar-refractivity contribution in [3.8, 4) is 5.88 Å². The highest BCUT2D eigenvalue weighted by atomic mass is 35.5. The molecule has 168 valence electrons. The normalized spacial score (nSPS) is 18.3. The first-order chi connectivity index (χ1) is 15.2. The highest BCUT2D eigenvalue weighted by Crippen LogP contribution is 2.41. The SMILES string of the molecule is COc1nc(NS(=O)(=O)C2=C(Cl)CCC=C2)c(F)cc1C1=Cc2cnc(Cl)nc2C(F)C1. The van der Waals surface area contributed by atoms with E-state index in [1.54, 1.807) is 12.2 Å². The maximum atomic E-state index is 14.9. The van der Waals surface area contributed by atoms with Crippen LogP contribution in [-0.4, -0.2) is 30.5 Å². The van der Waals surface area contributed by atoms with Crippen LogP contribution in [0.3, 0.4) is 0 Å². The molecule has 0 saturated heterocycles. The summed E-state index contributed by atoms with van der Waals surface area (Å²) in [5, 5.41) is 0.0690. The van der Waals surface area contributed by atoms with Crippen LogP contribution in [0.4, 0.5) is 14.6 Å². The van der Waals surface area contributed by atoms with Crippen molar-refractivity contribution in [1.82, 2.24) is 15.0 Å². The van der Waals surface area contributed by atoms with Crippen molar-refractivity contribution in [2.75, 3.05) is 11.8 Å². The second-order valence-corrected chi connectivity index (χ2v) is 9.46. The molecule has 1 unspecified atom stereocenters. The van der Waals surface area contributed by atoms with Gasteiger partial charge in [0.25, 0.3) is 10.0 Å². The summed E-state index contributed by atoms with van der Waals surface area (Å²) in [5.41, 5.74) is 1.08. The molecular formula is C20H16Cl2F2N4O3S. The summed E-state index contributed by atoms with van der Waals surface area (Å²) >= 11 is 11.8. The Kier molecular flexibility index (Phi) is 6.19. The molecular weight excluding hydrogens is 485 g/mol. The van der Waals surface area contributed by atoms with Gasteiger partial charge in [-0.25, -0.2) is 27.2 Å². The van der Waals surface area contributed by atoms with E-state index in [1.165, 1.54) is 19.4 Å². The number of rotatable bonds is 5. The maximum absolute atomic E-state index is 14.9. The molecule has 12 heteroatoms. The molecule has 0 fully saturated rings. The van der Waals surface area contributed by atoms with E-state index in [1.807, 2.05) is 0 Å². The lowest BCUT2D eigenvalue weighted by Crippen LogP contribution is -2.18. The first kappa shape index (κ1) is 22.6. The number of nitrogens with zero attached hydrogens (tertiary/aromatic N) is 3. The van der Waals surface area contributed by atoms with Crippen molar-refractivity contribution in [1.29, 1.82) is 0 Å². The van der Waals surface area contributed by atoms with Gasteiger partial charge in [0, 0.05) is 28.8 Å². The molecule has 32 heavy (non-hydrogen) atoms. The van der Waals surface area contributed by atoms with E-state index in [2.05, 4.69) is 19.7 Å². The molecule has 0 bridgehead atoms. The van der Waals surface area contributed by atoms with E-state index < -0.39 is 27.8 Å². The van der Waals surface area contributed by atoms with E-state index in [4.69, 9.17) is 27.9 Å². The lowest BCUT2D eigenvalue weighted by atomic mass is 9.91. The summed E-state index contributed by atoms with van der Waals surface area (Å²) in [6, 6.07) is 1.04.